The normalized spacial score (nSPS) is 19.4. The van der Waals surface area contributed by atoms with Gasteiger partial charge < -0.3 is 10.6 Å². The van der Waals surface area contributed by atoms with E-state index in [1.54, 1.807) is 12.3 Å². The predicted molar refractivity (Wildman–Crippen MR) is 109 cm³/mol. The van der Waals surface area contributed by atoms with Gasteiger partial charge in [-0.05, 0) is 49.8 Å². The zero-order valence-corrected chi connectivity index (χ0v) is 16.1. The molecule has 0 saturated heterocycles. The van der Waals surface area contributed by atoms with E-state index >= 15 is 0 Å². The van der Waals surface area contributed by atoms with Gasteiger partial charge in [0.1, 0.15) is 0 Å². The van der Waals surface area contributed by atoms with Crippen molar-refractivity contribution in [3.05, 3.63) is 60.4 Å². The third kappa shape index (κ3) is 6.37. The maximum absolute atomic E-state index is 12.3. The molecule has 1 aliphatic carbocycles. The number of benzene rings is 1. The average molecular weight is 380 g/mol. The Hall–Kier alpha value is -2.89. The van der Waals surface area contributed by atoms with Gasteiger partial charge in [0.05, 0.1) is 0 Å². The van der Waals surface area contributed by atoms with E-state index in [2.05, 4.69) is 15.7 Å². The van der Waals surface area contributed by atoms with Crippen LogP contribution in [0.5, 0.6) is 0 Å². The lowest BCUT2D eigenvalue weighted by atomic mass is 9.85. The largest absolute Gasteiger partial charge is 0.356 e. The van der Waals surface area contributed by atoms with Crippen LogP contribution in [0.3, 0.4) is 0 Å². The van der Waals surface area contributed by atoms with Crippen LogP contribution in [0.15, 0.2) is 54.9 Å². The van der Waals surface area contributed by atoms with Crippen molar-refractivity contribution in [2.24, 2.45) is 5.92 Å². The molecule has 1 fully saturated rings. The molecule has 2 aromatic rings. The summed E-state index contributed by atoms with van der Waals surface area (Å²) >= 11 is 0. The number of carbonyl (C=O) groups is 2. The van der Waals surface area contributed by atoms with Crippen LogP contribution in [0, 0.1) is 5.92 Å². The van der Waals surface area contributed by atoms with E-state index in [4.69, 9.17) is 0 Å². The van der Waals surface area contributed by atoms with Crippen molar-refractivity contribution in [2.45, 2.75) is 44.7 Å². The Bertz CT molecular complexity index is 763. The quantitative estimate of drug-likeness (QED) is 0.546. The molecule has 1 aliphatic rings. The summed E-state index contributed by atoms with van der Waals surface area (Å²) in [6.45, 7) is 1.47. The third-order valence-electron chi connectivity index (χ3n) is 5.09. The molecule has 6 heteroatoms. The summed E-state index contributed by atoms with van der Waals surface area (Å²) < 4.78 is 1.87. The number of aryl methyl sites for hydroxylation is 1. The second-order valence-corrected chi connectivity index (χ2v) is 7.21. The summed E-state index contributed by atoms with van der Waals surface area (Å²) in [7, 11) is 0. The van der Waals surface area contributed by atoms with Crippen molar-refractivity contribution in [3.8, 4) is 0 Å². The second kappa shape index (κ2) is 10.4. The monoisotopic (exact) mass is 380 g/mol. The van der Waals surface area contributed by atoms with Crippen LogP contribution < -0.4 is 10.6 Å². The fourth-order valence-electron chi connectivity index (χ4n) is 3.51. The number of aromatic nitrogens is 2. The molecule has 1 aromatic heterocycles. The number of amides is 2. The van der Waals surface area contributed by atoms with Crippen LogP contribution >= 0.6 is 0 Å². The Balaban J connectivity index is 1.31. The summed E-state index contributed by atoms with van der Waals surface area (Å²) in [5.41, 5.74) is 1.01. The number of hydrogen-bond acceptors (Lipinski definition) is 3. The maximum atomic E-state index is 12.3. The van der Waals surface area contributed by atoms with Crippen molar-refractivity contribution in [3.63, 3.8) is 0 Å². The maximum Gasteiger partial charge on any atom is 0.244 e. The standard InChI is InChI=1S/C22H28N4O2/c27-21(13-8-18-6-2-1-3-7-18)25-20-11-9-19(10-12-20)22(28)23-14-4-16-26-17-5-15-24-26/h1-3,5-8,13,15,17,19-20H,4,9-12,14,16H2,(H,23,28)(H,25,27). The average Bonchev–Trinajstić information content (AvgIpc) is 3.24. The molecule has 148 valence electrons. The Morgan fingerprint density at radius 2 is 1.89 bits per heavy atom. The Morgan fingerprint density at radius 3 is 2.61 bits per heavy atom. The zero-order valence-electron chi connectivity index (χ0n) is 16.1. The second-order valence-electron chi connectivity index (χ2n) is 7.21. The lowest BCUT2D eigenvalue weighted by Gasteiger charge is -2.28. The van der Waals surface area contributed by atoms with E-state index in [1.807, 2.05) is 53.4 Å². The molecule has 0 spiro atoms. The molecule has 0 radical (unpaired) electrons. The van der Waals surface area contributed by atoms with E-state index in [-0.39, 0.29) is 23.8 Å². The molecular formula is C22H28N4O2. The number of carbonyl (C=O) groups excluding carboxylic acids is 2. The highest BCUT2D eigenvalue weighted by Gasteiger charge is 2.26. The minimum absolute atomic E-state index is 0.0534. The fraction of sp³-hybridized carbons (Fsp3) is 0.409. The van der Waals surface area contributed by atoms with Crippen molar-refractivity contribution in [1.29, 1.82) is 0 Å². The van der Waals surface area contributed by atoms with Gasteiger partial charge in [-0.3, -0.25) is 14.3 Å². The highest BCUT2D eigenvalue weighted by atomic mass is 16.2. The number of rotatable bonds is 8. The van der Waals surface area contributed by atoms with Gasteiger partial charge in [0.25, 0.3) is 0 Å². The van der Waals surface area contributed by atoms with Gasteiger partial charge >= 0.3 is 0 Å². The molecule has 1 saturated carbocycles. The highest BCUT2D eigenvalue weighted by Crippen LogP contribution is 2.24. The van der Waals surface area contributed by atoms with Crippen molar-refractivity contribution < 1.29 is 9.59 Å². The molecule has 0 bridgehead atoms. The summed E-state index contributed by atoms with van der Waals surface area (Å²) in [6.07, 6.45) is 11.3. The molecule has 6 nitrogen and oxygen atoms in total. The molecular weight excluding hydrogens is 352 g/mol. The van der Waals surface area contributed by atoms with Crippen molar-refractivity contribution in [2.75, 3.05) is 6.54 Å². The van der Waals surface area contributed by atoms with Crippen LogP contribution in [0.25, 0.3) is 6.08 Å². The molecule has 0 aliphatic heterocycles. The lowest BCUT2D eigenvalue weighted by Crippen LogP contribution is -2.40. The minimum Gasteiger partial charge on any atom is -0.356 e. The van der Waals surface area contributed by atoms with E-state index < -0.39 is 0 Å². The first kappa shape index (κ1) is 19.9. The van der Waals surface area contributed by atoms with Gasteiger partial charge in [0.15, 0.2) is 0 Å². The Morgan fingerprint density at radius 1 is 1.11 bits per heavy atom. The van der Waals surface area contributed by atoms with E-state index in [0.29, 0.717) is 6.54 Å². The van der Waals surface area contributed by atoms with Gasteiger partial charge in [-0.1, -0.05) is 30.3 Å². The summed E-state index contributed by atoms with van der Waals surface area (Å²) in [5.74, 6) is 0.113. The molecule has 0 unspecified atom stereocenters. The first-order valence-electron chi connectivity index (χ1n) is 9.99. The molecule has 0 atom stereocenters. The Labute approximate surface area is 166 Å². The molecule has 3 rings (SSSR count). The van der Waals surface area contributed by atoms with Crippen LogP contribution in [0.1, 0.15) is 37.7 Å². The smallest absolute Gasteiger partial charge is 0.244 e. The van der Waals surface area contributed by atoms with E-state index in [0.717, 1.165) is 44.2 Å². The Kier molecular flexibility index (Phi) is 7.41. The number of nitrogens with one attached hydrogen (secondary N) is 2. The number of hydrogen-bond donors (Lipinski definition) is 2. The van der Waals surface area contributed by atoms with E-state index in [1.165, 1.54) is 0 Å². The zero-order chi connectivity index (χ0) is 19.6. The van der Waals surface area contributed by atoms with Crippen molar-refractivity contribution >= 4 is 17.9 Å². The lowest BCUT2D eigenvalue weighted by molar-refractivity contribution is -0.126. The molecule has 2 amide bonds. The van der Waals surface area contributed by atoms with Gasteiger partial charge in [-0.25, -0.2) is 0 Å². The molecule has 1 heterocycles. The summed E-state index contributed by atoms with van der Waals surface area (Å²) in [6, 6.07) is 11.8. The SMILES string of the molecule is O=C(C=Cc1ccccc1)NC1CCC(C(=O)NCCCn2cccn2)CC1. The topological polar surface area (TPSA) is 76.0 Å². The highest BCUT2D eigenvalue weighted by molar-refractivity contribution is 5.91. The van der Waals surface area contributed by atoms with Gasteiger partial charge in [-0.2, -0.15) is 5.10 Å². The van der Waals surface area contributed by atoms with Crippen LogP contribution in [0.2, 0.25) is 0 Å². The van der Waals surface area contributed by atoms with Crippen molar-refractivity contribution in [1.82, 2.24) is 20.4 Å². The minimum atomic E-state index is -0.0737. The molecule has 2 N–H and O–H groups in total. The first-order valence-corrected chi connectivity index (χ1v) is 9.99. The summed E-state index contributed by atoms with van der Waals surface area (Å²) in [5, 5.41) is 10.2. The van der Waals surface area contributed by atoms with Crippen LogP contribution in [-0.2, 0) is 16.1 Å². The molecule has 1 aromatic carbocycles. The van der Waals surface area contributed by atoms with E-state index in [9.17, 15) is 9.59 Å². The molecule has 28 heavy (non-hydrogen) atoms. The van der Waals surface area contributed by atoms with Crippen LogP contribution in [0.4, 0.5) is 0 Å². The fourth-order valence-corrected chi connectivity index (χ4v) is 3.51. The number of nitrogens with zero attached hydrogens (tertiary/aromatic N) is 2. The summed E-state index contributed by atoms with van der Waals surface area (Å²) in [4.78, 5) is 24.4. The van der Waals surface area contributed by atoms with Gasteiger partial charge in [0.2, 0.25) is 11.8 Å². The van der Waals surface area contributed by atoms with Gasteiger partial charge in [-0.15, -0.1) is 0 Å². The predicted octanol–water partition coefficient (Wildman–Crippen LogP) is 2.78. The van der Waals surface area contributed by atoms with Gasteiger partial charge in [0, 0.05) is 43.5 Å². The third-order valence-corrected chi connectivity index (χ3v) is 5.09. The first-order chi connectivity index (χ1) is 13.7. The van der Waals surface area contributed by atoms with Crippen LogP contribution in [-0.4, -0.2) is 34.2 Å².